The molecule has 4 N–H and O–H groups in total. The lowest BCUT2D eigenvalue weighted by Gasteiger charge is -2.21. The van der Waals surface area contributed by atoms with Gasteiger partial charge in [-0.15, -0.1) is 0 Å². The van der Waals surface area contributed by atoms with Gasteiger partial charge in [-0.2, -0.15) is 0 Å². The van der Waals surface area contributed by atoms with Crippen molar-refractivity contribution in [3.63, 3.8) is 0 Å². The van der Waals surface area contributed by atoms with Gasteiger partial charge in [0.25, 0.3) is 0 Å². The van der Waals surface area contributed by atoms with E-state index in [-0.39, 0.29) is 11.8 Å². The summed E-state index contributed by atoms with van der Waals surface area (Å²) in [5.74, 6) is 0.245. The van der Waals surface area contributed by atoms with Gasteiger partial charge in [0.15, 0.2) is 0 Å². The zero-order valence-corrected chi connectivity index (χ0v) is 16.2. The highest BCUT2D eigenvalue weighted by Gasteiger charge is 2.17. The average molecular weight is 364 g/mol. The SMILES string of the molecule is C=C(C)CNc1cc(C(c2ccc(O)cc2)n2ccnc2)ccc1N.CC. The van der Waals surface area contributed by atoms with Crippen LogP contribution in [0.4, 0.5) is 11.4 Å². The number of aromatic nitrogens is 2. The largest absolute Gasteiger partial charge is 0.508 e. The Morgan fingerprint density at radius 3 is 2.44 bits per heavy atom. The molecule has 0 bridgehead atoms. The second-order valence-corrected chi connectivity index (χ2v) is 6.16. The van der Waals surface area contributed by atoms with Gasteiger partial charge in [0, 0.05) is 18.9 Å². The van der Waals surface area contributed by atoms with Crippen molar-refractivity contribution in [2.45, 2.75) is 26.8 Å². The van der Waals surface area contributed by atoms with E-state index in [0.29, 0.717) is 12.2 Å². The summed E-state index contributed by atoms with van der Waals surface area (Å²) in [6.07, 6.45) is 5.47. The van der Waals surface area contributed by atoms with Gasteiger partial charge in [-0.3, -0.25) is 0 Å². The molecule has 0 spiro atoms. The maximum atomic E-state index is 9.59. The van der Waals surface area contributed by atoms with Crippen molar-refractivity contribution in [3.05, 3.63) is 84.5 Å². The van der Waals surface area contributed by atoms with Crippen molar-refractivity contribution >= 4 is 11.4 Å². The number of hydrogen-bond donors (Lipinski definition) is 3. The van der Waals surface area contributed by atoms with E-state index in [1.165, 1.54) is 0 Å². The lowest BCUT2D eigenvalue weighted by Crippen LogP contribution is -2.12. The first kappa shape index (κ1) is 20.1. The highest BCUT2D eigenvalue weighted by atomic mass is 16.3. The number of nitrogens with zero attached hydrogens (tertiary/aromatic N) is 2. The maximum Gasteiger partial charge on any atom is 0.115 e. The van der Waals surface area contributed by atoms with Crippen LogP contribution in [0.3, 0.4) is 0 Å². The highest BCUT2D eigenvalue weighted by molar-refractivity contribution is 5.68. The van der Waals surface area contributed by atoms with Crippen LogP contribution >= 0.6 is 0 Å². The van der Waals surface area contributed by atoms with Gasteiger partial charge in [-0.1, -0.05) is 44.2 Å². The van der Waals surface area contributed by atoms with Gasteiger partial charge >= 0.3 is 0 Å². The molecule has 0 fully saturated rings. The van der Waals surface area contributed by atoms with Crippen LogP contribution in [0.15, 0.2) is 73.3 Å². The molecule has 0 aliphatic rings. The van der Waals surface area contributed by atoms with Crippen LogP contribution in [0.5, 0.6) is 5.75 Å². The lowest BCUT2D eigenvalue weighted by molar-refractivity contribution is 0.474. The van der Waals surface area contributed by atoms with Crippen molar-refractivity contribution < 1.29 is 5.11 Å². The van der Waals surface area contributed by atoms with Crippen molar-refractivity contribution in [3.8, 4) is 5.75 Å². The van der Waals surface area contributed by atoms with Crippen molar-refractivity contribution in [1.29, 1.82) is 0 Å². The molecule has 3 aromatic rings. The molecule has 27 heavy (non-hydrogen) atoms. The Kier molecular flexibility index (Phi) is 7.06. The molecule has 142 valence electrons. The Labute approximate surface area is 161 Å². The third kappa shape index (κ3) is 5.14. The van der Waals surface area contributed by atoms with Gasteiger partial charge in [0.2, 0.25) is 0 Å². The number of aromatic hydroxyl groups is 1. The Morgan fingerprint density at radius 1 is 1.19 bits per heavy atom. The van der Waals surface area contributed by atoms with Crippen molar-refractivity contribution in [2.75, 3.05) is 17.6 Å². The van der Waals surface area contributed by atoms with Gasteiger partial charge in [-0.25, -0.2) is 4.98 Å². The normalized spacial score (nSPS) is 11.2. The number of nitrogens with two attached hydrogens (primary N) is 1. The summed E-state index contributed by atoms with van der Waals surface area (Å²) in [6.45, 7) is 10.6. The minimum Gasteiger partial charge on any atom is -0.508 e. The number of nitrogens with one attached hydrogen (secondary N) is 1. The van der Waals surface area contributed by atoms with Crippen LogP contribution in [-0.2, 0) is 0 Å². The zero-order valence-electron chi connectivity index (χ0n) is 16.2. The lowest BCUT2D eigenvalue weighted by atomic mass is 9.97. The summed E-state index contributed by atoms with van der Waals surface area (Å²) in [5.41, 5.74) is 10.8. The fourth-order valence-corrected chi connectivity index (χ4v) is 2.76. The summed E-state index contributed by atoms with van der Waals surface area (Å²) in [4.78, 5) is 4.17. The highest BCUT2D eigenvalue weighted by Crippen LogP contribution is 2.31. The van der Waals surface area contributed by atoms with Crippen molar-refractivity contribution in [2.24, 2.45) is 0 Å². The Bertz CT molecular complexity index is 855. The second-order valence-electron chi connectivity index (χ2n) is 6.16. The van der Waals surface area contributed by atoms with E-state index in [9.17, 15) is 5.11 Å². The van der Waals surface area contributed by atoms with Crippen LogP contribution in [0, 0.1) is 0 Å². The minimum absolute atomic E-state index is 0.0610. The van der Waals surface area contributed by atoms with Crippen LogP contribution in [0.25, 0.3) is 0 Å². The minimum atomic E-state index is -0.0610. The first-order chi connectivity index (χ1) is 13.0. The third-order valence-corrected chi connectivity index (χ3v) is 4.01. The van der Waals surface area contributed by atoms with E-state index in [1.807, 2.05) is 55.8 Å². The molecule has 1 aromatic heterocycles. The number of benzene rings is 2. The number of imidazole rings is 1. The fraction of sp³-hybridized carbons (Fsp3) is 0.227. The fourth-order valence-electron chi connectivity index (χ4n) is 2.76. The van der Waals surface area contributed by atoms with Gasteiger partial charge in [0.1, 0.15) is 5.75 Å². The van der Waals surface area contributed by atoms with E-state index in [0.717, 1.165) is 22.4 Å². The van der Waals surface area contributed by atoms with Gasteiger partial charge < -0.3 is 20.7 Å². The number of nitrogen functional groups attached to an aromatic ring is 1. The summed E-state index contributed by atoms with van der Waals surface area (Å²) >= 11 is 0. The zero-order chi connectivity index (χ0) is 19.8. The third-order valence-electron chi connectivity index (χ3n) is 4.01. The first-order valence-electron chi connectivity index (χ1n) is 9.08. The van der Waals surface area contributed by atoms with Gasteiger partial charge in [-0.05, 0) is 42.3 Å². The molecule has 0 saturated heterocycles. The summed E-state index contributed by atoms with van der Waals surface area (Å²) < 4.78 is 2.03. The Morgan fingerprint density at radius 2 is 1.85 bits per heavy atom. The molecule has 2 aromatic carbocycles. The molecule has 5 heteroatoms. The molecule has 1 heterocycles. The molecule has 0 radical (unpaired) electrons. The molecular weight excluding hydrogens is 336 g/mol. The topological polar surface area (TPSA) is 76.1 Å². The Hall–Kier alpha value is -3.21. The molecule has 0 aliphatic carbocycles. The molecule has 0 saturated carbocycles. The monoisotopic (exact) mass is 364 g/mol. The van der Waals surface area contributed by atoms with E-state index >= 15 is 0 Å². The number of phenols is 1. The van der Waals surface area contributed by atoms with E-state index in [1.54, 1.807) is 24.7 Å². The summed E-state index contributed by atoms with van der Waals surface area (Å²) in [6, 6.07) is 13.1. The smallest absolute Gasteiger partial charge is 0.115 e. The summed E-state index contributed by atoms with van der Waals surface area (Å²) in [7, 11) is 0. The molecular formula is C22H28N4O. The standard InChI is InChI=1S/C20H22N4O.C2H6/c1-14(2)12-23-19-11-16(5-8-18(19)21)20(24-10-9-22-13-24)15-3-6-17(25)7-4-15;1-2/h3-11,13,20,23,25H,1,12,21H2,2H3;1-2H3. The molecule has 1 unspecified atom stereocenters. The van der Waals surface area contributed by atoms with E-state index < -0.39 is 0 Å². The van der Waals surface area contributed by atoms with Gasteiger partial charge in [0.05, 0.1) is 23.7 Å². The van der Waals surface area contributed by atoms with E-state index in [2.05, 4.69) is 22.9 Å². The number of hydrogen-bond acceptors (Lipinski definition) is 4. The van der Waals surface area contributed by atoms with Crippen LogP contribution in [0.1, 0.15) is 37.9 Å². The molecule has 0 amide bonds. The molecule has 3 rings (SSSR count). The van der Waals surface area contributed by atoms with Crippen molar-refractivity contribution in [1.82, 2.24) is 9.55 Å². The Balaban J connectivity index is 0.00000126. The number of phenolic OH excluding ortho intramolecular Hbond substituents is 1. The average Bonchev–Trinajstić information content (AvgIpc) is 3.19. The predicted molar refractivity (Wildman–Crippen MR) is 113 cm³/mol. The van der Waals surface area contributed by atoms with E-state index in [4.69, 9.17) is 5.73 Å². The van der Waals surface area contributed by atoms with Crippen LogP contribution < -0.4 is 11.1 Å². The summed E-state index contributed by atoms with van der Waals surface area (Å²) in [5, 5.41) is 12.9. The predicted octanol–water partition coefficient (Wildman–Crippen LogP) is 4.82. The number of anilines is 2. The second kappa shape index (κ2) is 9.48. The molecule has 1 atom stereocenters. The van der Waals surface area contributed by atoms with Crippen LogP contribution in [0.2, 0.25) is 0 Å². The van der Waals surface area contributed by atoms with Crippen LogP contribution in [-0.4, -0.2) is 21.2 Å². The first-order valence-corrected chi connectivity index (χ1v) is 9.08. The molecule has 5 nitrogen and oxygen atoms in total. The molecule has 0 aliphatic heterocycles. The maximum absolute atomic E-state index is 9.59. The number of rotatable bonds is 6. The quantitative estimate of drug-likeness (QED) is 0.433.